The second-order valence-electron chi connectivity index (χ2n) is 8.32. The number of amides is 1. The van der Waals surface area contributed by atoms with Crippen LogP contribution in [0.4, 0.5) is 5.00 Å². The van der Waals surface area contributed by atoms with Crippen molar-refractivity contribution < 1.29 is 9.53 Å². The molecule has 1 aromatic carbocycles. The van der Waals surface area contributed by atoms with Gasteiger partial charge in [0.05, 0.1) is 12.7 Å². The number of methoxy groups -OCH3 is 1. The molecule has 144 valence electrons. The Balaban J connectivity index is 1.63. The zero-order chi connectivity index (χ0) is 19.2. The Morgan fingerprint density at radius 1 is 1.30 bits per heavy atom. The predicted octanol–water partition coefficient (Wildman–Crippen LogP) is 5.15. The van der Waals surface area contributed by atoms with E-state index in [2.05, 4.69) is 31.4 Å². The first kappa shape index (κ1) is 18.4. The summed E-state index contributed by atoms with van der Waals surface area (Å²) in [6.45, 7) is 7.03. The fourth-order valence-corrected chi connectivity index (χ4v) is 5.59. The Bertz CT molecular complexity index is 871. The van der Waals surface area contributed by atoms with Crippen LogP contribution in [0.1, 0.15) is 66.1 Å². The highest BCUT2D eigenvalue weighted by Gasteiger charge is 2.37. The molecule has 2 aromatic rings. The third-order valence-electron chi connectivity index (χ3n) is 6.49. The van der Waals surface area contributed by atoms with Crippen molar-refractivity contribution in [1.29, 1.82) is 0 Å². The molecule has 0 radical (unpaired) electrons. The van der Waals surface area contributed by atoms with E-state index >= 15 is 0 Å². The number of benzene rings is 1. The van der Waals surface area contributed by atoms with Gasteiger partial charge in [0.15, 0.2) is 0 Å². The largest absolute Gasteiger partial charge is 0.497 e. The maximum absolute atomic E-state index is 12.9. The second-order valence-corrected chi connectivity index (χ2v) is 9.42. The van der Waals surface area contributed by atoms with Crippen molar-refractivity contribution in [3.63, 3.8) is 0 Å². The lowest BCUT2D eigenvalue weighted by atomic mass is 9.69. The standard InChI is InChI=1S/C22H28N2O2S/c1-5-22(2,3)14-9-10-16-17(12-14)27-21-18(16)20(25)23-19(24-21)13-7-6-8-15(11-13)26-4/h6-8,11,14,19,24H,5,9-10,12H2,1-4H3,(H,23,25)/t14-,19+/m0/s1. The SMILES string of the molecule is CCC(C)(C)[C@H]1CCc2c(sc3c2C(=O)N[C@@H](c2cccc(OC)c2)N3)C1. The molecule has 5 heteroatoms. The van der Waals surface area contributed by atoms with E-state index in [0.717, 1.165) is 34.7 Å². The average molecular weight is 385 g/mol. The van der Waals surface area contributed by atoms with E-state index in [9.17, 15) is 4.79 Å². The minimum absolute atomic E-state index is 0.0438. The van der Waals surface area contributed by atoms with Gasteiger partial charge in [0, 0.05) is 4.88 Å². The molecule has 0 saturated heterocycles. The molecule has 4 nitrogen and oxygen atoms in total. The van der Waals surface area contributed by atoms with Crippen LogP contribution in [-0.4, -0.2) is 13.0 Å². The molecule has 27 heavy (non-hydrogen) atoms. The number of hydrogen-bond donors (Lipinski definition) is 2. The summed E-state index contributed by atoms with van der Waals surface area (Å²) < 4.78 is 5.32. The van der Waals surface area contributed by atoms with E-state index < -0.39 is 0 Å². The molecule has 1 aliphatic heterocycles. The Hall–Kier alpha value is -2.01. The molecule has 0 saturated carbocycles. The molecular weight excluding hydrogens is 356 g/mol. The van der Waals surface area contributed by atoms with Gasteiger partial charge in [0.2, 0.25) is 0 Å². The van der Waals surface area contributed by atoms with E-state index in [1.165, 1.54) is 23.3 Å². The quantitative estimate of drug-likeness (QED) is 0.766. The third kappa shape index (κ3) is 3.22. The number of fused-ring (bicyclic) bond motifs is 3. The van der Waals surface area contributed by atoms with Crippen molar-refractivity contribution >= 4 is 22.2 Å². The van der Waals surface area contributed by atoms with Gasteiger partial charge in [-0.25, -0.2) is 0 Å². The molecule has 2 aliphatic rings. The zero-order valence-electron chi connectivity index (χ0n) is 16.5. The fourth-order valence-electron chi connectivity index (χ4n) is 4.24. The number of rotatable bonds is 4. The van der Waals surface area contributed by atoms with Gasteiger partial charge in [-0.05, 0) is 53.9 Å². The highest BCUT2D eigenvalue weighted by molar-refractivity contribution is 7.16. The minimum Gasteiger partial charge on any atom is -0.497 e. The van der Waals surface area contributed by atoms with E-state index in [1.54, 1.807) is 18.4 Å². The molecule has 2 atom stereocenters. The lowest BCUT2D eigenvalue weighted by Gasteiger charge is -2.36. The van der Waals surface area contributed by atoms with Crippen LogP contribution in [0.3, 0.4) is 0 Å². The van der Waals surface area contributed by atoms with Crippen LogP contribution in [0.2, 0.25) is 0 Å². The van der Waals surface area contributed by atoms with Crippen molar-refractivity contribution in [2.45, 2.75) is 52.6 Å². The first-order valence-electron chi connectivity index (χ1n) is 9.79. The van der Waals surface area contributed by atoms with Crippen LogP contribution < -0.4 is 15.4 Å². The molecule has 0 fully saturated rings. The molecule has 4 rings (SSSR count). The van der Waals surface area contributed by atoms with Gasteiger partial charge >= 0.3 is 0 Å². The maximum atomic E-state index is 12.9. The molecule has 0 spiro atoms. The number of carbonyl (C=O) groups excluding carboxylic acids is 1. The van der Waals surface area contributed by atoms with Crippen molar-refractivity contribution in [3.8, 4) is 5.75 Å². The molecular formula is C22H28N2O2S. The van der Waals surface area contributed by atoms with E-state index in [1.807, 2.05) is 24.3 Å². The first-order valence-corrected chi connectivity index (χ1v) is 10.6. The van der Waals surface area contributed by atoms with Crippen molar-refractivity contribution in [3.05, 3.63) is 45.8 Å². The van der Waals surface area contributed by atoms with E-state index in [4.69, 9.17) is 4.74 Å². The van der Waals surface area contributed by atoms with Gasteiger partial charge in [-0.15, -0.1) is 11.3 Å². The molecule has 1 aromatic heterocycles. The van der Waals surface area contributed by atoms with Gasteiger partial charge < -0.3 is 15.4 Å². The lowest BCUT2D eigenvalue weighted by molar-refractivity contribution is 0.0934. The molecule has 1 amide bonds. The Morgan fingerprint density at radius 3 is 2.85 bits per heavy atom. The highest BCUT2D eigenvalue weighted by atomic mass is 32.1. The molecule has 1 aliphatic carbocycles. The van der Waals surface area contributed by atoms with Gasteiger partial charge in [0.25, 0.3) is 5.91 Å². The summed E-state index contributed by atoms with van der Waals surface area (Å²) in [5.41, 5.74) is 3.50. The number of anilines is 1. The topological polar surface area (TPSA) is 50.4 Å². The Kier molecular flexibility index (Phi) is 4.66. The predicted molar refractivity (Wildman–Crippen MR) is 111 cm³/mol. The van der Waals surface area contributed by atoms with Crippen LogP contribution in [0, 0.1) is 11.3 Å². The normalized spacial score (nSPS) is 21.7. The van der Waals surface area contributed by atoms with E-state index in [-0.39, 0.29) is 12.1 Å². The zero-order valence-corrected chi connectivity index (χ0v) is 17.3. The first-order chi connectivity index (χ1) is 12.9. The number of carbonyl (C=O) groups is 1. The van der Waals surface area contributed by atoms with Gasteiger partial charge in [-0.3, -0.25) is 4.79 Å². The summed E-state index contributed by atoms with van der Waals surface area (Å²) in [5, 5.41) is 7.70. The third-order valence-corrected chi connectivity index (χ3v) is 7.67. The smallest absolute Gasteiger partial charge is 0.256 e. The Labute approximate surface area is 165 Å². The maximum Gasteiger partial charge on any atom is 0.256 e. The second kappa shape index (κ2) is 6.86. The van der Waals surface area contributed by atoms with Gasteiger partial charge in [-0.2, -0.15) is 0 Å². The van der Waals surface area contributed by atoms with Crippen LogP contribution in [0.5, 0.6) is 5.75 Å². The monoisotopic (exact) mass is 384 g/mol. The summed E-state index contributed by atoms with van der Waals surface area (Å²) in [7, 11) is 1.66. The summed E-state index contributed by atoms with van der Waals surface area (Å²) >= 11 is 1.78. The van der Waals surface area contributed by atoms with Crippen LogP contribution in [0.15, 0.2) is 24.3 Å². The fraction of sp³-hybridized carbons (Fsp3) is 0.500. The lowest BCUT2D eigenvalue weighted by Crippen LogP contribution is -2.38. The van der Waals surface area contributed by atoms with Crippen molar-refractivity contribution in [1.82, 2.24) is 5.32 Å². The average Bonchev–Trinajstić information content (AvgIpc) is 3.06. The number of nitrogens with one attached hydrogen (secondary N) is 2. The number of hydrogen-bond acceptors (Lipinski definition) is 4. The molecule has 2 N–H and O–H groups in total. The van der Waals surface area contributed by atoms with E-state index in [0.29, 0.717) is 11.3 Å². The molecule has 0 bridgehead atoms. The Morgan fingerprint density at radius 2 is 2.11 bits per heavy atom. The van der Waals surface area contributed by atoms with Crippen LogP contribution in [0.25, 0.3) is 0 Å². The van der Waals surface area contributed by atoms with Crippen LogP contribution in [-0.2, 0) is 12.8 Å². The summed E-state index contributed by atoms with van der Waals surface area (Å²) in [4.78, 5) is 14.3. The minimum atomic E-state index is -0.219. The molecule has 2 heterocycles. The number of ether oxygens (including phenoxy) is 1. The summed E-state index contributed by atoms with van der Waals surface area (Å²) in [6, 6.07) is 7.85. The highest BCUT2D eigenvalue weighted by Crippen LogP contribution is 2.47. The van der Waals surface area contributed by atoms with Crippen molar-refractivity contribution in [2.75, 3.05) is 12.4 Å². The van der Waals surface area contributed by atoms with Crippen LogP contribution >= 0.6 is 11.3 Å². The van der Waals surface area contributed by atoms with Gasteiger partial charge in [-0.1, -0.05) is 39.3 Å². The summed E-state index contributed by atoms with van der Waals surface area (Å²) in [6.07, 6.45) is 4.24. The summed E-state index contributed by atoms with van der Waals surface area (Å²) in [5.74, 6) is 1.53. The molecule has 0 unspecified atom stereocenters. The van der Waals surface area contributed by atoms with Gasteiger partial charge in [0.1, 0.15) is 16.9 Å². The van der Waals surface area contributed by atoms with Crippen molar-refractivity contribution in [2.24, 2.45) is 11.3 Å². The number of thiophene rings is 1.